The van der Waals surface area contributed by atoms with Crippen LogP contribution in [-0.4, -0.2) is 36.1 Å². The maximum atomic E-state index is 13.7. The number of fused-ring (bicyclic) bond motifs is 4. The zero-order chi connectivity index (χ0) is 27.5. The molecule has 9 heteroatoms. The van der Waals surface area contributed by atoms with Crippen LogP contribution in [0.15, 0.2) is 83.0 Å². The van der Waals surface area contributed by atoms with Gasteiger partial charge in [-0.15, -0.1) is 5.10 Å². The van der Waals surface area contributed by atoms with Crippen molar-refractivity contribution in [3.8, 4) is 22.6 Å². The molecule has 41 heavy (non-hydrogen) atoms. The average molecular weight is 561 g/mol. The van der Waals surface area contributed by atoms with Crippen LogP contribution in [0.5, 0.6) is 5.75 Å². The lowest BCUT2D eigenvalue weighted by Crippen LogP contribution is -2.29. The van der Waals surface area contributed by atoms with E-state index in [2.05, 4.69) is 46.4 Å². The van der Waals surface area contributed by atoms with Crippen molar-refractivity contribution in [3.05, 3.63) is 105 Å². The van der Waals surface area contributed by atoms with Gasteiger partial charge in [-0.05, 0) is 93.8 Å². The second-order valence-electron chi connectivity index (χ2n) is 11.9. The van der Waals surface area contributed by atoms with E-state index in [0.29, 0.717) is 16.9 Å². The van der Waals surface area contributed by atoms with Crippen molar-refractivity contribution in [1.82, 2.24) is 24.8 Å². The molecule has 2 fully saturated rings. The van der Waals surface area contributed by atoms with Crippen LogP contribution in [-0.2, 0) is 6.42 Å². The Balaban J connectivity index is 1.02. The Kier molecular flexibility index (Phi) is 4.64. The van der Waals surface area contributed by atoms with Gasteiger partial charge in [-0.2, -0.15) is 4.68 Å². The van der Waals surface area contributed by atoms with E-state index in [0.717, 1.165) is 71.6 Å². The fourth-order valence-corrected chi connectivity index (χ4v) is 7.26. The highest BCUT2D eigenvalue weighted by atomic mass is 35.5. The molecule has 3 atom stereocenters. The van der Waals surface area contributed by atoms with Crippen LogP contribution in [0.1, 0.15) is 54.5 Å². The minimum absolute atomic E-state index is 0.0180. The van der Waals surface area contributed by atoms with Crippen molar-refractivity contribution >= 4 is 22.9 Å². The van der Waals surface area contributed by atoms with E-state index in [9.17, 15) is 4.79 Å². The topological polar surface area (TPSA) is 87.2 Å². The van der Waals surface area contributed by atoms with Crippen molar-refractivity contribution in [2.45, 2.75) is 49.7 Å². The maximum absolute atomic E-state index is 13.7. The average Bonchev–Trinajstić information content (AvgIpc) is 3.71. The zero-order valence-corrected chi connectivity index (χ0v) is 22.9. The molecule has 2 saturated carbocycles. The fraction of sp³-hybridized carbons (Fsp3) is 0.281. The van der Waals surface area contributed by atoms with E-state index in [1.807, 2.05) is 22.9 Å². The highest BCUT2D eigenvalue weighted by Gasteiger charge is 2.55. The van der Waals surface area contributed by atoms with Crippen LogP contribution in [0, 0.1) is 5.92 Å². The Morgan fingerprint density at radius 2 is 1.95 bits per heavy atom. The first-order valence-corrected chi connectivity index (χ1v) is 14.4. The van der Waals surface area contributed by atoms with Gasteiger partial charge in [-0.1, -0.05) is 30.3 Å². The predicted octanol–water partition coefficient (Wildman–Crippen LogP) is 5.71. The molecule has 0 radical (unpaired) electrons. The van der Waals surface area contributed by atoms with Crippen LogP contribution >= 0.6 is 11.6 Å². The summed E-state index contributed by atoms with van der Waals surface area (Å²) in [5, 5.41) is 12.2. The van der Waals surface area contributed by atoms with Crippen molar-refractivity contribution in [1.29, 1.82) is 0 Å². The SMILES string of the molecule is C=C1Cc2ccc(C3=CN=C(C4C5CC5c5cc(-c6cc(Cl)ccc6-n6cnnn6)cc(=O)n54)C3)cc2OC12CC2. The van der Waals surface area contributed by atoms with E-state index < -0.39 is 0 Å². The second kappa shape index (κ2) is 8.13. The number of halogens is 1. The molecule has 3 aliphatic heterocycles. The summed E-state index contributed by atoms with van der Waals surface area (Å²) in [5.74, 6) is 1.73. The van der Waals surface area contributed by atoms with Crippen LogP contribution < -0.4 is 10.3 Å². The van der Waals surface area contributed by atoms with Gasteiger partial charge in [0.15, 0.2) is 0 Å². The molecular formula is C32H25ClN6O2. The summed E-state index contributed by atoms with van der Waals surface area (Å²) in [6, 6.07) is 15.8. The lowest BCUT2D eigenvalue weighted by atomic mass is 9.92. The third-order valence-electron chi connectivity index (χ3n) is 9.46. The summed E-state index contributed by atoms with van der Waals surface area (Å²) >= 11 is 6.38. The number of tetrazole rings is 1. The molecule has 9 rings (SSSR count). The van der Waals surface area contributed by atoms with E-state index in [-0.39, 0.29) is 17.2 Å². The molecule has 5 heterocycles. The van der Waals surface area contributed by atoms with Crippen molar-refractivity contribution < 1.29 is 4.74 Å². The van der Waals surface area contributed by atoms with Crippen molar-refractivity contribution in [3.63, 3.8) is 0 Å². The van der Waals surface area contributed by atoms with E-state index in [4.69, 9.17) is 21.3 Å². The minimum Gasteiger partial charge on any atom is -0.483 e. The van der Waals surface area contributed by atoms with Crippen LogP contribution in [0.3, 0.4) is 0 Å². The number of nitrogens with zero attached hydrogens (tertiary/aromatic N) is 6. The smallest absolute Gasteiger partial charge is 0.251 e. The highest BCUT2D eigenvalue weighted by Crippen LogP contribution is 2.60. The molecule has 2 aromatic heterocycles. The molecule has 1 spiro atoms. The molecule has 8 nitrogen and oxygen atoms in total. The van der Waals surface area contributed by atoms with Gasteiger partial charge in [0, 0.05) is 53.0 Å². The van der Waals surface area contributed by atoms with Gasteiger partial charge >= 0.3 is 0 Å². The van der Waals surface area contributed by atoms with Crippen molar-refractivity contribution in [2.24, 2.45) is 10.9 Å². The lowest BCUT2D eigenvalue weighted by molar-refractivity contribution is 0.200. The summed E-state index contributed by atoms with van der Waals surface area (Å²) in [6.07, 6.45) is 8.31. The van der Waals surface area contributed by atoms with Crippen LogP contribution in [0.4, 0.5) is 0 Å². The Hall–Kier alpha value is -4.30. The summed E-state index contributed by atoms with van der Waals surface area (Å²) in [4.78, 5) is 18.6. The Labute approximate surface area is 240 Å². The van der Waals surface area contributed by atoms with Crippen LogP contribution in [0.25, 0.3) is 22.4 Å². The van der Waals surface area contributed by atoms with Crippen LogP contribution in [0.2, 0.25) is 5.02 Å². The maximum Gasteiger partial charge on any atom is 0.251 e. The molecular weight excluding hydrogens is 536 g/mol. The van der Waals surface area contributed by atoms with E-state index >= 15 is 0 Å². The molecule has 3 unspecified atom stereocenters. The Morgan fingerprint density at radius 3 is 2.78 bits per heavy atom. The molecule has 0 N–H and O–H groups in total. The summed E-state index contributed by atoms with van der Waals surface area (Å²) in [7, 11) is 0. The van der Waals surface area contributed by atoms with Gasteiger partial charge < -0.3 is 9.30 Å². The molecule has 4 aromatic rings. The first-order chi connectivity index (χ1) is 20.0. The number of hydrogen-bond donors (Lipinski definition) is 0. The second-order valence-corrected chi connectivity index (χ2v) is 12.3. The zero-order valence-electron chi connectivity index (χ0n) is 22.1. The standard InChI is InChI=1S/C32H25ClN6O2/c1-17-8-19-3-2-18(11-29(19)41-32(17)6-7-32)21-9-26(34-15-21)31-25-14-24(25)28-10-20(12-30(40)39(28)31)23-13-22(33)4-5-27(23)38-16-35-36-37-38/h2-5,10-13,15-16,24-25,31H,1,6-9,14H2. The van der Waals surface area contributed by atoms with Gasteiger partial charge in [-0.25, -0.2) is 0 Å². The lowest BCUT2D eigenvalue weighted by Gasteiger charge is -2.28. The Morgan fingerprint density at radius 1 is 1.05 bits per heavy atom. The number of rotatable bonds is 4. The number of pyridine rings is 1. The van der Waals surface area contributed by atoms with E-state index in [1.54, 1.807) is 16.8 Å². The quantitative estimate of drug-likeness (QED) is 0.298. The number of benzene rings is 2. The summed E-state index contributed by atoms with van der Waals surface area (Å²) in [6.45, 7) is 4.26. The number of hydrogen-bond acceptors (Lipinski definition) is 6. The number of aliphatic imine (C=N–C) groups is 1. The van der Waals surface area contributed by atoms with Gasteiger partial charge in [0.1, 0.15) is 17.7 Å². The number of aromatic nitrogens is 5. The molecule has 0 saturated heterocycles. The third-order valence-corrected chi connectivity index (χ3v) is 9.70. The van der Waals surface area contributed by atoms with Gasteiger partial charge in [0.25, 0.3) is 5.56 Å². The highest BCUT2D eigenvalue weighted by molar-refractivity contribution is 6.31. The first-order valence-electron chi connectivity index (χ1n) is 14.0. The molecule has 202 valence electrons. The minimum atomic E-state index is -0.135. The Bertz CT molecular complexity index is 1930. The molecule has 5 aliphatic rings. The number of allylic oxidation sites excluding steroid dienone is 1. The summed E-state index contributed by atoms with van der Waals surface area (Å²) < 4.78 is 9.97. The van der Waals surface area contributed by atoms with Crippen molar-refractivity contribution in [2.75, 3.05) is 0 Å². The largest absolute Gasteiger partial charge is 0.483 e. The monoisotopic (exact) mass is 560 g/mol. The molecule has 0 bridgehead atoms. The first kappa shape index (κ1) is 23.4. The van der Waals surface area contributed by atoms with Gasteiger partial charge in [0.05, 0.1) is 11.7 Å². The summed E-state index contributed by atoms with van der Waals surface area (Å²) in [5.41, 5.74) is 9.07. The van der Waals surface area contributed by atoms with E-state index in [1.165, 1.54) is 23.0 Å². The fourth-order valence-electron chi connectivity index (χ4n) is 7.08. The van der Waals surface area contributed by atoms with Gasteiger partial charge in [-0.3, -0.25) is 9.79 Å². The normalized spacial score (nSPS) is 24.3. The number of ether oxygens (including phenoxy) is 1. The molecule has 2 aromatic carbocycles. The predicted molar refractivity (Wildman–Crippen MR) is 156 cm³/mol. The molecule has 0 amide bonds. The van der Waals surface area contributed by atoms with Gasteiger partial charge in [0.2, 0.25) is 0 Å². The molecule has 2 aliphatic carbocycles. The third kappa shape index (κ3) is 3.50.